The van der Waals surface area contributed by atoms with E-state index in [1.165, 1.54) is 60.4 Å². The van der Waals surface area contributed by atoms with Gasteiger partial charge >= 0.3 is 0 Å². The fourth-order valence-corrected chi connectivity index (χ4v) is 5.47. The van der Waals surface area contributed by atoms with Crippen LogP contribution in [0.3, 0.4) is 0 Å². The molecular formula is C29H31N3O. The van der Waals surface area contributed by atoms with Gasteiger partial charge in [-0.25, -0.2) is 0 Å². The van der Waals surface area contributed by atoms with Gasteiger partial charge in [0, 0.05) is 23.6 Å². The zero-order valence-corrected chi connectivity index (χ0v) is 19.2. The minimum Gasteiger partial charge on any atom is -0.339 e. The Morgan fingerprint density at radius 2 is 1.70 bits per heavy atom. The average molecular weight is 438 g/mol. The van der Waals surface area contributed by atoms with Gasteiger partial charge in [-0.2, -0.15) is 4.98 Å². The molecule has 168 valence electrons. The Labute approximate surface area is 195 Å². The molecule has 0 bridgehead atoms. The third-order valence-corrected chi connectivity index (χ3v) is 7.46. The predicted molar refractivity (Wildman–Crippen MR) is 132 cm³/mol. The largest absolute Gasteiger partial charge is 0.339 e. The number of benzene rings is 3. The molecule has 0 saturated heterocycles. The van der Waals surface area contributed by atoms with Crippen LogP contribution in [-0.2, 0) is 0 Å². The van der Waals surface area contributed by atoms with Crippen molar-refractivity contribution in [2.24, 2.45) is 0 Å². The summed E-state index contributed by atoms with van der Waals surface area (Å²) >= 11 is 0. The summed E-state index contributed by atoms with van der Waals surface area (Å²) in [7, 11) is 0. The second-order valence-electron chi connectivity index (χ2n) is 9.87. The molecule has 3 aromatic carbocycles. The van der Waals surface area contributed by atoms with Crippen molar-refractivity contribution < 1.29 is 4.52 Å². The monoisotopic (exact) mass is 437 g/mol. The molecule has 2 unspecified atom stereocenters. The zero-order valence-electron chi connectivity index (χ0n) is 19.2. The Balaban J connectivity index is 1.13. The number of hydrogen-bond acceptors (Lipinski definition) is 4. The summed E-state index contributed by atoms with van der Waals surface area (Å²) in [5, 5.41) is 10.8. The maximum Gasteiger partial charge on any atom is 0.230 e. The van der Waals surface area contributed by atoms with Gasteiger partial charge in [-0.15, -0.1) is 0 Å². The van der Waals surface area contributed by atoms with Gasteiger partial charge in [0.1, 0.15) is 0 Å². The first-order chi connectivity index (χ1) is 16.2. The number of fused-ring (bicyclic) bond motifs is 1. The van der Waals surface area contributed by atoms with Crippen molar-refractivity contribution in [1.29, 1.82) is 0 Å². The Hall–Kier alpha value is -2.98. The number of nitrogens with zero attached hydrogens (tertiary/aromatic N) is 2. The summed E-state index contributed by atoms with van der Waals surface area (Å²) in [5.41, 5.74) is 3.86. The van der Waals surface area contributed by atoms with Gasteiger partial charge < -0.3 is 9.84 Å². The molecule has 4 nitrogen and oxygen atoms in total. The summed E-state index contributed by atoms with van der Waals surface area (Å²) in [6.45, 7) is 2.31. The van der Waals surface area contributed by atoms with Gasteiger partial charge in [0.05, 0.1) is 0 Å². The van der Waals surface area contributed by atoms with Crippen LogP contribution in [0.15, 0.2) is 71.3 Å². The van der Waals surface area contributed by atoms with Gasteiger partial charge in [0.15, 0.2) is 0 Å². The molecule has 4 aromatic rings. The standard InChI is InChI=1S/C29H31N3O/c1-19(26-11-5-7-21-6-2-3-10-27(21)26)30-25-9-4-8-24(18-25)20-12-14-22(15-13-20)28-31-29(33-32-28)23-16-17-23/h2-3,5-7,10-15,19,23-25,30H,4,8-9,16-18H2,1H3/t19-,24?,25?/m1/s1. The molecular weight excluding hydrogens is 406 g/mol. The van der Waals surface area contributed by atoms with Crippen LogP contribution in [0.1, 0.15) is 80.3 Å². The molecule has 3 atom stereocenters. The molecule has 2 fully saturated rings. The molecule has 2 aliphatic carbocycles. The van der Waals surface area contributed by atoms with Crippen molar-refractivity contribution in [3.8, 4) is 11.4 Å². The van der Waals surface area contributed by atoms with Gasteiger partial charge in [0.25, 0.3) is 0 Å². The van der Waals surface area contributed by atoms with E-state index in [1.807, 2.05) is 0 Å². The molecule has 4 heteroatoms. The molecule has 0 spiro atoms. The third kappa shape index (κ3) is 4.32. The first-order valence-corrected chi connectivity index (χ1v) is 12.4. The Kier molecular flexibility index (Phi) is 5.47. The summed E-state index contributed by atoms with van der Waals surface area (Å²) in [4.78, 5) is 4.59. The highest BCUT2D eigenvalue weighted by Crippen LogP contribution is 2.40. The lowest BCUT2D eigenvalue weighted by Gasteiger charge is -2.32. The van der Waals surface area contributed by atoms with Crippen LogP contribution in [0.25, 0.3) is 22.2 Å². The maximum absolute atomic E-state index is 5.43. The highest BCUT2D eigenvalue weighted by Gasteiger charge is 2.30. The van der Waals surface area contributed by atoms with Gasteiger partial charge in [-0.3, -0.25) is 0 Å². The average Bonchev–Trinajstić information content (AvgIpc) is 3.60. The van der Waals surface area contributed by atoms with E-state index in [0.29, 0.717) is 23.9 Å². The second kappa shape index (κ2) is 8.75. The van der Waals surface area contributed by atoms with Gasteiger partial charge in [0.2, 0.25) is 11.7 Å². The molecule has 1 N–H and O–H groups in total. The van der Waals surface area contributed by atoms with E-state index in [-0.39, 0.29) is 0 Å². The summed E-state index contributed by atoms with van der Waals surface area (Å²) in [5.74, 6) is 2.61. The number of nitrogens with one attached hydrogen (secondary N) is 1. The highest BCUT2D eigenvalue weighted by atomic mass is 16.5. The molecule has 0 aliphatic heterocycles. The van der Waals surface area contributed by atoms with Crippen LogP contribution in [0.4, 0.5) is 0 Å². The van der Waals surface area contributed by atoms with Crippen LogP contribution in [-0.4, -0.2) is 16.2 Å². The van der Waals surface area contributed by atoms with Crippen LogP contribution in [0.5, 0.6) is 0 Å². The van der Waals surface area contributed by atoms with Crippen LogP contribution < -0.4 is 5.32 Å². The lowest BCUT2D eigenvalue weighted by Crippen LogP contribution is -2.35. The van der Waals surface area contributed by atoms with E-state index >= 15 is 0 Å². The molecule has 0 amide bonds. The van der Waals surface area contributed by atoms with Crippen molar-refractivity contribution in [2.45, 2.75) is 69.4 Å². The minimum absolute atomic E-state index is 0.334. The summed E-state index contributed by atoms with van der Waals surface area (Å²) in [6, 6.07) is 25.1. The van der Waals surface area contributed by atoms with Crippen molar-refractivity contribution >= 4 is 10.8 Å². The van der Waals surface area contributed by atoms with Crippen molar-refractivity contribution in [3.05, 3.63) is 83.7 Å². The van der Waals surface area contributed by atoms with Gasteiger partial charge in [-0.1, -0.05) is 78.3 Å². The van der Waals surface area contributed by atoms with E-state index < -0.39 is 0 Å². The van der Waals surface area contributed by atoms with Crippen LogP contribution in [0, 0.1) is 0 Å². The molecule has 33 heavy (non-hydrogen) atoms. The van der Waals surface area contributed by atoms with Gasteiger partial charge in [-0.05, 0) is 66.8 Å². The first kappa shape index (κ1) is 20.6. The Bertz CT molecular complexity index is 1240. The lowest BCUT2D eigenvalue weighted by molar-refractivity contribution is 0.319. The Morgan fingerprint density at radius 3 is 2.55 bits per heavy atom. The van der Waals surface area contributed by atoms with Crippen LogP contribution >= 0.6 is 0 Å². The van der Waals surface area contributed by atoms with Crippen molar-refractivity contribution in [2.75, 3.05) is 0 Å². The fraction of sp³-hybridized carbons (Fsp3) is 0.379. The van der Waals surface area contributed by atoms with E-state index in [0.717, 1.165) is 17.3 Å². The third-order valence-electron chi connectivity index (χ3n) is 7.46. The quantitative estimate of drug-likeness (QED) is 0.348. The van der Waals surface area contributed by atoms with Crippen LogP contribution in [0.2, 0.25) is 0 Å². The van der Waals surface area contributed by atoms with Crippen molar-refractivity contribution in [1.82, 2.24) is 15.5 Å². The molecule has 2 aliphatic rings. The first-order valence-electron chi connectivity index (χ1n) is 12.4. The number of hydrogen-bond donors (Lipinski definition) is 1. The normalized spacial score (nSPS) is 21.8. The Morgan fingerprint density at radius 1 is 0.879 bits per heavy atom. The van der Waals surface area contributed by atoms with E-state index in [2.05, 4.69) is 89.1 Å². The fourth-order valence-electron chi connectivity index (χ4n) is 5.47. The van der Waals surface area contributed by atoms with E-state index in [4.69, 9.17) is 4.52 Å². The second-order valence-corrected chi connectivity index (χ2v) is 9.87. The zero-order chi connectivity index (χ0) is 22.2. The minimum atomic E-state index is 0.334. The molecule has 1 heterocycles. The smallest absolute Gasteiger partial charge is 0.230 e. The number of rotatable bonds is 6. The SMILES string of the molecule is C[C@@H](NC1CCCC(c2ccc(-c3noc(C4CC4)n3)cc2)C1)c1cccc2ccccc12. The molecule has 0 radical (unpaired) electrons. The highest BCUT2D eigenvalue weighted by molar-refractivity contribution is 5.86. The van der Waals surface area contributed by atoms with E-state index in [9.17, 15) is 0 Å². The van der Waals surface area contributed by atoms with Crippen molar-refractivity contribution in [3.63, 3.8) is 0 Å². The molecule has 2 saturated carbocycles. The predicted octanol–water partition coefficient (Wildman–Crippen LogP) is 7.14. The molecule has 6 rings (SSSR count). The summed E-state index contributed by atoms with van der Waals surface area (Å²) < 4.78 is 5.43. The van der Waals surface area contributed by atoms with E-state index in [1.54, 1.807) is 0 Å². The molecule has 1 aromatic heterocycles. The topological polar surface area (TPSA) is 51.0 Å². The summed E-state index contributed by atoms with van der Waals surface area (Å²) in [6.07, 6.45) is 7.31. The lowest BCUT2D eigenvalue weighted by atomic mass is 9.80. The maximum atomic E-state index is 5.43. The number of aromatic nitrogens is 2.